The lowest BCUT2D eigenvalue weighted by Crippen LogP contribution is -2.50. The third-order valence-electron chi connectivity index (χ3n) is 5.64. The molecule has 0 atom stereocenters. The second-order valence-electron chi connectivity index (χ2n) is 6.87. The Morgan fingerprint density at radius 3 is 2.40 bits per heavy atom. The SMILES string of the molecule is O=C(NCc1sccc1Br)C1C2CC3CC(C2)CC1C3. The van der Waals surface area contributed by atoms with E-state index < -0.39 is 0 Å². The van der Waals surface area contributed by atoms with Gasteiger partial charge in [-0.3, -0.25) is 4.79 Å². The van der Waals surface area contributed by atoms with E-state index in [1.165, 1.54) is 37.0 Å². The molecule has 1 aromatic heterocycles. The molecule has 0 spiro atoms. The van der Waals surface area contributed by atoms with E-state index in [1.807, 2.05) is 0 Å². The Labute approximate surface area is 132 Å². The molecule has 4 fully saturated rings. The quantitative estimate of drug-likeness (QED) is 0.866. The Hall–Kier alpha value is -0.350. The van der Waals surface area contributed by atoms with Gasteiger partial charge < -0.3 is 5.32 Å². The van der Waals surface area contributed by atoms with E-state index in [4.69, 9.17) is 0 Å². The van der Waals surface area contributed by atoms with Crippen molar-refractivity contribution in [3.05, 3.63) is 20.8 Å². The molecule has 0 radical (unpaired) electrons. The summed E-state index contributed by atoms with van der Waals surface area (Å²) in [5, 5.41) is 5.26. The second-order valence-corrected chi connectivity index (χ2v) is 8.72. The van der Waals surface area contributed by atoms with Gasteiger partial charge in [-0.05, 0) is 83.2 Å². The van der Waals surface area contributed by atoms with Crippen LogP contribution in [-0.4, -0.2) is 5.91 Å². The second kappa shape index (κ2) is 5.13. The topological polar surface area (TPSA) is 29.1 Å². The van der Waals surface area contributed by atoms with Crippen LogP contribution in [0.15, 0.2) is 15.9 Å². The summed E-state index contributed by atoms with van der Waals surface area (Å²) in [6.07, 6.45) is 6.70. The van der Waals surface area contributed by atoms with Crippen LogP contribution in [0.5, 0.6) is 0 Å². The average molecular weight is 354 g/mol. The molecule has 1 N–H and O–H groups in total. The number of halogens is 1. The fourth-order valence-corrected chi connectivity index (χ4v) is 6.52. The highest BCUT2D eigenvalue weighted by Gasteiger charge is 2.50. The van der Waals surface area contributed by atoms with Crippen LogP contribution < -0.4 is 5.32 Å². The number of thiophene rings is 1. The normalized spacial score (nSPS) is 38.1. The highest BCUT2D eigenvalue weighted by atomic mass is 79.9. The van der Waals surface area contributed by atoms with Crippen molar-refractivity contribution < 1.29 is 4.79 Å². The molecular weight excluding hydrogens is 334 g/mol. The Kier molecular flexibility index (Phi) is 3.42. The molecule has 5 rings (SSSR count). The first-order valence-electron chi connectivity index (χ1n) is 7.70. The fraction of sp³-hybridized carbons (Fsp3) is 0.688. The van der Waals surface area contributed by atoms with Crippen molar-refractivity contribution in [3.63, 3.8) is 0 Å². The van der Waals surface area contributed by atoms with Gasteiger partial charge in [0, 0.05) is 15.3 Å². The first-order valence-corrected chi connectivity index (χ1v) is 9.37. The van der Waals surface area contributed by atoms with Gasteiger partial charge >= 0.3 is 0 Å². The summed E-state index contributed by atoms with van der Waals surface area (Å²) in [6, 6.07) is 2.05. The maximum atomic E-state index is 12.6. The molecule has 4 heteroatoms. The maximum absolute atomic E-state index is 12.6. The number of amides is 1. The Morgan fingerprint density at radius 2 is 1.85 bits per heavy atom. The monoisotopic (exact) mass is 353 g/mol. The van der Waals surface area contributed by atoms with E-state index in [0.717, 1.165) is 16.3 Å². The minimum absolute atomic E-state index is 0.307. The highest BCUT2D eigenvalue weighted by molar-refractivity contribution is 9.10. The molecule has 1 aromatic rings. The molecular formula is C16H20BrNOS. The predicted molar refractivity (Wildman–Crippen MR) is 84.4 cm³/mol. The van der Waals surface area contributed by atoms with Crippen molar-refractivity contribution in [2.75, 3.05) is 0 Å². The van der Waals surface area contributed by atoms with Crippen molar-refractivity contribution in [1.82, 2.24) is 5.32 Å². The number of carbonyl (C=O) groups excluding carboxylic acids is 1. The lowest BCUT2D eigenvalue weighted by atomic mass is 9.51. The summed E-state index contributed by atoms with van der Waals surface area (Å²) >= 11 is 5.24. The minimum Gasteiger partial charge on any atom is -0.351 e. The van der Waals surface area contributed by atoms with Gasteiger partial charge in [0.1, 0.15) is 0 Å². The third kappa shape index (κ3) is 2.25. The van der Waals surface area contributed by atoms with Gasteiger partial charge in [-0.25, -0.2) is 0 Å². The van der Waals surface area contributed by atoms with Gasteiger partial charge in [0.05, 0.1) is 6.54 Å². The summed E-state index contributed by atoms with van der Waals surface area (Å²) in [6.45, 7) is 0.680. The van der Waals surface area contributed by atoms with E-state index in [-0.39, 0.29) is 0 Å². The van der Waals surface area contributed by atoms with Crippen LogP contribution in [0.3, 0.4) is 0 Å². The van der Waals surface area contributed by atoms with E-state index in [1.54, 1.807) is 11.3 Å². The van der Waals surface area contributed by atoms with Crippen LogP contribution in [0.1, 0.15) is 37.0 Å². The van der Waals surface area contributed by atoms with Crippen LogP contribution in [0.4, 0.5) is 0 Å². The summed E-state index contributed by atoms with van der Waals surface area (Å²) in [5.74, 6) is 3.86. The summed E-state index contributed by atoms with van der Waals surface area (Å²) in [5.41, 5.74) is 0. The Bertz CT molecular complexity index is 498. The van der Waals surface area contributed by atoms with E-state index in [2.05, 4.69) is 32.7 Å². The van der Waals surface area contributed by atoms with Crippen LogP contribution in [0, 0.1) is 29.6 Å². The van der Waals surface area contributed by atoms with Gasteiger partial charge in [-0.2, -0.15) is 0 Å². The summed E-state index contributed by atoms with van der Waals surface area (Å²) < 4.78 is 1.12. The average Bonchev–Trinajstić information content (AvgIpc) is 2.80. The van der Waals surface area contributed by atoms with Gasteiger partial charge in [0.25, 0.3) is 0 Å². The van der Waals surface area contributed by atoms with Gasteiger partial charge in [0.2, 0.25) is 5.91 Å². The van der Waals surface area contributed by atoms with Gasteiger partial charge in [-0.15, -0.1) is 11.3 Å². The summed E-state index contributed by atoms with van der Waals surface area (Å²) in [7, 11) is 0. The van der Waals surface area contributed by atoms with Crippen molar-refractivity contribution in [1.29, 1.82) is 0 Å². The highest BCUT2D eigenvalue weighted by Crippen LogP contribution is 2.56. The lowest BCUT2D eigenvalue weighted by molar-refractivity contribution is -0.138. The Morgan fingerprint density at radius 1 is 1.20 bits per heavy atom. The molecule has 4 aliphatic carbocycles. The molecule has 2 nitrogen and oxygen atoms in total. The lowest BCUT2D eigenvalue weighted by Gasteiger charge is -2.53. The van der Waals surface area contributed by atoms with E-state index in [0.29, 0.717) is 30.2 Å². The van der Waals surface area contributed by atoms with Crippen molar-refractivity contribution in [2.24, 2.45) is 29.6 Å². The van der Waals surface area contributed by atoms with E-state index in [9.17, 15) is 4.79 Å². The minimum atomic E-state index is 0.307. The first kappa shape index (κ1) is 13.3. The zero-order valence-electron chi connectivity index (χ0n) is 11.5. The van der Waals surface area contributed by atoms with Crippen LogP contribution in [-0.2, 0) is 11.3 Å². The van der Waals surface area contributed by atoms with Gasteiger partial charge in [-0.1, -0.05) is 0 Å². The number of hydrogen-bond donors (Lipinski definition) is 1. The van der Waals surface area contributed by atoms with Crippen molar-refractivity contribution >= 4 is 33.2 Å². The van der Waals surface area contributed by atoms with Crippen molar-refractivity contribution in [3.8, 4) is 0 Å². The molecule has 20 heavy (non-hydrogen) atoms. The molecule has 108 valence electrons. The molecule has 0 aromatic carbocycles. The molecule has 1 amide bonds. The molecule has 1 heterocycles. The van der Waals surface area contributed by atoms with Crippen molar-refractivity contribution in [2.45, 2.75) is 38.6 Å². The molecule has 4 saturated carbocycles. The number of rotatable bonds is 3. The van der Waals surface area contributed by atoms with E-state index >= 15 is 0 Å². The number of carbonyl (C=O) groups is 1. The molecule has 4 bridgehead atoms. The maximum Gasteiger partial charge on any atom is 0.223 e. The molecule has 0 aliphatic heterocycles. The molecule has 0 saturated heterocycles. The molecule has 4 aliphatic rings. The van der Waals surface area contributed by atoms with Crippen LogP contribution >= 0.6 is 27.3 Å². The fourth-order valence-electron chi connectivity index (χ4n) is 5.09. The third-order valence-corrected chi connectivity index (χ3v) is 7.57. The zero-order chi connectivity index (χ0) is 13.7. The predicted octanol–water partition coefficient (Wildman–Crippen LogP) is 4.20. The number of nitrogens with one attached hydrogen (secondary N) is 1. The zero-order valence-corrected chi connectivity index (χ0v) is 13.9. The van der Waals surface area contributed by atoms with Crippen LogP contribution in [0.2, 0.25) is 0 Å². The summed E-state index contributed by atoms with van der Waals surface area (Å²) in [4.78, 5) is 13.8. The first-order chi connectivity index (χ1) is 9.70. The number of hydrogen-bond acceptors (Lipinski definition) is 2. The Balaban J connectivity index is 1.43. The standard InChI is InChI=1S/C16H20BrNOS/c17-13-1-2-20-14(13)8-18-16(19)15-11-4-9-3-10(6-11)7-12(15)5-9/h1-2,9-12,15H,3-8H2,(H,18,19). The smallest absolute Gasteiger partial charge is 0.223 e. The van der Waals surface area contributed by atoms with Gasteiger partial charge in [0.15, 0.2) is 0 Å². The van der Waals surface area contributed by atoms with Crippen LogP contribution in [0.25, 0.3) is 0 Å². The molecule has 0 unspecified atom stereocenters. The largest absolute Gasteiger partial charge is 0.351 e.